The molecule has 4 nitrogen and oxygen atoms in total. The van der Waals surface area contributed by atoms with Crippen molar-refractivity contribution in [3.05, 3.63) is 12.2 Å². The van der Waals surface area contributed by atoms with Crippen molar-refractivity contribution in [3.63, 3.8) is 0 Å². The molecule has 4 heteroatoms. The molecule has 0 saturated carbocycles. The third kappa shape index (κ3) is 11.5. The van der Waals surface area contributed by atoms with Crippen LogP contribution in [0.5, 0.6) is 0 Å². The third-order valence-electron chi connectivity index (χ3n) is 2.98. The average Bonchev–Trinajstić information content (AvgIpc) is 2.39. The standard InChI is InChI=1S/C15H26O4/c1-3-5-6-7-8-9-10-13(4-2)19-15(18)12-11-14(16)17/h11-13H,3-10H2,1-2H3,(H,16,17)/b12-11+. The van der Waals surface area contributed by atoms with Crippen LogP contribution in [0.15, 0.2) is 12.2 Å². The molecule has 0 heterocycles. The first-order valence-electron chi connectivity index (χ1n) is 7.21. The Labute approximate surface area is 115 Å². The lowest BCUT2D eigenvalue weighted by atomic mass is 10.1. The van der Waals surface area contributed by atoms with Crippen LogP contribution in [0.25, 0.3) is 0 Å². The summed E-state index contributed by atoms with van der Waals surface area (Å²) in [5, 5.41) is 8.40. The maximum atomic E-state index is 11.3. The summed E-state index contributed by atoms with van der Waals surface area (Å²) in [5.74, 6) is -1.71. The van der Waals surface area contributed by atoms with Crippen LogP contribution in [-0.4, -0.2) is 23.1 Å². The van der Waals surface area contributed by atoms with Gasteiger partial charge >= 0.3 is 11.9 Å². The van der Waals surface area contributed by atoms with Gasteiger partial charge in [-0.1, -0.05) is 46.0 Å². The first-order valence-corrected chi connectivity index (χ1v) is 7.21. The Morgan fingerprint density at radius 2 is 1.68 bits per heavy atom. The summed E-state index contributed by atoms with van der Waals surface area (Å²) in [5.41, 5.74) is 0. The number of carbonyl (C=O) groups excluding carboxylic acids is 1. The molecule has 0 aliphatic heterocycles. The summed E-state index contributed by atoms with van der Waals surface area (Å²) in [6.45, 7) is 4.16. The number of carbonyl (C=O) groups is 2. The normalized spacial score (nSPS) is 12.5. The molecule has 19 heavy (non-hydrogen) atoms. The molecule has 0 aliphatic rings. The molecular weight excluding hydrogens is 244 g/mol. The summed E-state index contributed by atoms with van der Waals surface area (Å²) in [6, 6.07) is 0. The zero-order valence-corrected chi connectivity index (χ0v) is 12.1. The molecule has 0 rings (SSSR count). The van der Waals surface area contributed by atoms with Gasteiger partial charge in [0.1, 0.15) is 6.10 Å². The number of hydrogen-bond acceptors (Lipinski definition) is 3. The number of aliphatic carboxylic acids is 1. The van der Waals surface area contributed by atoms with Gasteiger partial charge in [-0.3, -0.25) is 0 Å². The summed E-state index contributed by atoms with van der Waals surface area (Å²) in [7, 11) is 0. The molecule has 0 amide bonds. The number of unbranched alkanes of at least 4 members (excludes halogenated alkanes) is 5. The molecule has 0 radical (unpaired) electrons. The van der Waals surface area contributed by atoms with Gasteiger partial charge in [0.2, 0.25) is 0 Å². The Morgan fingerprint density at radius 1 is 1.05 bits per heavy atom. The number of hydrogen-bond donors (Lipinski definition) is 1. The minimum Gasteiger partial charge on any atom is -0.478 e. The van der Waals surface area contributed by atoms with Crippen molar-refractivity contribution in [1.29, 1.82) is 0 Å². The zero-order valence-electron chi connectivity index (χ0n) is 12.1. The van der Waals surface area contributed by atoms with E-state index in [-0.39, 0.29) is 6.10 Å². The smallest absolute Gasteiger partial charge is 0.331 e. The van der Waals surface area contributed by atoms with Gasteiger partial charge < -0.3 is 9.84 Å². The van der Waals surface area contributed by atoms with Gasteiger partial charge in [-0.05, 0) is 19.3 Å². The molecule has 110 valence electrons. The third-order valence-corrected chi connectivity index (χ3v) is 2.98. The second-order valence-corrected chi connectivity index (χ2v) is 4.70. The Kier molecular flexibility index (Phi) is 10.9. The lowest BCUT2D eigenvalue weighted by Crippen LogP contribution is -2.16. The molecule has 0 aliphatic carbocycles. The molecule has 0 spiro atoms. The van der Waals surface area contributed by atoms with Crippen LogP contribution in [0.1, 0.15) is 65.2 Å². The first-order chi connectivity index (χ1) is 9.10. The van der Waals surface area contributed by atoms with Crippen molar-refractivity contribution in [3.8, 4) is 0 Å². The van der Waals surface area contributed by atoms with Crippen LogP contribution in [0.4, 0.5) is 0 Å². The Bertz CT molecular complexity index is 284. The van der Waals surface area contributed by atoms with Crippen LogP contribution in [0.3, 0.4) is 0 Å². The first kappa shape index (κ1) is 17.7. The monoisotopic (exact) mass is 270 g/mol. The van der Waals surface area contributed by atoms with E-state index >= 15 is 0 Å². The van der Waals surface area contributed by atoms with E-state index in [9.17, 15) is 9.59 Å². The fourth-order valence-electron chi connectivity index (χ4n) is 1.84. The topological polar surface area (TPSA) is 63.6 Å². The highest BCUT2D eigenvalue weighted by Crippen LogP contribution is 2.12. The number of carboxylic acid groups (broad SMARTS) is 1. The molecule has 0 aromatic carbocycles. The molecule has 0 bridgehead atoms. The average molecular weight is 270 g/mol. The van der Waals surface area contributed by atoms with Gasteiger partial charge in [-0.15, -0.1) is 0 Å². The predicted octanol–water partition coefficient (Wildman–Crippen LogP) is 3.70. The van der Waals surface area contributed by atoms with E-state index in [0.717, 1.165) is 31.4 Å². The van der Waals surface area contributed by atoms with Gasteiger partial charge in [0.25, 0.3) is 0 Å². The minimum absolute atomic E-state index is 0.0999. The molecule has 1 atom stereocenters. The molecule has 0 saturated heterocycles. The van der Waals surface area contributed by atoms with Gasteiger partial charge in [-0.25, -0.2) is 9.59 Å². The molecule has 1 unspecified atom stereocenters. The predicted molar refractivity (Wildman–Crippen MR) is 74.9 cm³/mol. The Morgan fingerprint density at radius 3 is 2.26 bits per heavy atom. The second kappa shape index (κ2) is 11.8. The van der Waals surface area contributed by atoms with Crippen molar-refractivity contribution < 1.29 is 19.4 Å². The molecule has 0 aromatic heterocycles. The number of esters is 1. The summed E-state index contributed by atoms with van der Waals surface area (Å²) < 4.78 is 5.19. The van der Waals surface area contributed by atoms with E-state index < -0.39 is 11.9 Å². The van der Waals surface area contributed by atoms with E-state index in [4.69, 9.17) is 9.84 Å². The van der Waals surface area contributed by atoms with Crippen LogP contribution < -0.4 is 0 Å². The van der Waals surface area contributed by atoms with E-state index in [0.29, 0.717) is 0 Å². The SMILES string of the molecule is CCCCCCCCC(CC)OC(=O)/C=C/C(=O)O. The summed E-state index contributed by atoms with van der Waals surface area (Å²) in [4.78, 5) is 21.6. The number of carboxylic acids is 1. The van der Waals surface area contributed by atoms with E-state index in [1.54, 1.807) is 0 Å². The van der Waals surface area contributed by atoms with Crippen LogP contribution in [0.2, 0.25) is 0 Å². The van der Waals surface area contributed by atoms with Crippen molar-refractivity contribution in [1.82, 2.24) is 0 Å². The minimum atomic E-state index is -1.14. The Hall–Kier alpha value is -1.32. The van der Waals surface area contributed by atoms with Crippen molar-refractivity contribution in [2.45, 2.75) is 71.3 Å². The fraction of sp³-hybridized carbons (Fsp3) is 0.733. The van der Waals surface area contributed by atoms with Gasteiger partial charge in [0.05, 0.1) is 0 Å². The summed E-state index contributed by atoms with van der Waals surface area (Å²) in [6.07, 6.45) is 10.5. The second-order valence-electron chi connectivity index (χ2n) is 4.70. The van der Waals surface area contributed by atoms with E-state index in [1.165, 1.54) is 32.1 Å². The van der Waals surface area contributed by atoms with Crippen LogP contribution in [0, 0.1) is 0 Å². The van der Waals surface area contributed by atoms with Crippen molar-refractivity contribution >= 4 is 11.9 Å². The fourth-order valence-corrected chi connectivity index (χ4v) is 1.84. The largest absolute Gasteiger partial charge is 0.478 e. The number of ether oxygens (including phenoxy) is 1. The van der Waals surface area contributed by atoms with Crippen LogP contribution in [-0.2, 0) is 14.3 Å². The quantitative estimate of drug-likeness (QED) is 0.353. The number of rotatable bonds is 11. The highest BCUT2D eigenvalue weighted by molar-refractivity contribution is 5.90. The highest BCUT2D eigenvalue weighted by atomic mass is 16.5. The van der Waals surface area contributed by atoms with Gasteiger partial charge in [0.15, 0.2) is 0 Å². The van der Waals surface area contributed by atoms with Gasteiger partial charge in [-0.2, -0.15) is 0 Å². The zero-order chi connectivity index (χ0) is 14.5. The lowest BCUT2D eigenvalue weighted by molar-refractivity contribution is -0.144. The van der Waals surface area contributed by atoms with Crippen molar-refractivity contribution in [2.24, 2.45) is 0 Å². The summed E-state index contributed by atoms with van der Waals surface area (Å²) >= 11 is 0. The van der Waals surface area contributed by atoms with E-state index in [2.05, 4.69) is 6.92 Å². The lowest BCUT2D eigenvalue weighted by Gasteiger charge is -2.14. The molecule has 0 fully saturated rings. The maximum absolute atomic E-state index is 11.3. The van der Waals surface area contributed by atoms with Crippen molar-refractivity contribution in [2.75, 3.05) is 0 Å². The van der Waals surface area contributed by atoms with Gasteiger partial charge in [0, 0.05) is 12.2 Å². The molecular formula is C15H26O4. The Balaban J connectivity index is 3.76. The van der Waals surface area contributed by atoms with Crippen LogP contribution >= 0.6 is 0 Å². The molecule has 0 aromatic rings. The highest BCUT2D eigenvalue weighted by Gasteiger charge is 2.10. The maximum Gasteiger partial charge on any atom is 0.331 e. The molecule has 1 N–H and O–H groups in total. The van der Waals surface area contributed by atoms with E-state index in [1.807, 2.05) is 6.92 Å².